The van der Waals surface area contributed by atoms with Crippen molar-refractivity contribution >= 4 is 17.3 Å². The van der Waals surface area contributed by atoms with Crippen LogP contribution in [0.3, 0.4) is 0 Å². The topological polar surface area (TPSA) is 62.2 Å². The van der Waals surface area contributed by atoms with Crippen molar-refractivity contribution in [3.8, 4) is 0 Å². The van der Waals surface area contributed by atoms with Gasteiger partial charge in [-0.3, -0.25) is 4.79 Å². The van der Waals surface area contributed by atoms with Crippen LogP contribution in [0.25, 0.3) is 0 Å². The number of aliphatic carboxylic acids is 1. The molecule has 1 aromatic heterocycles. The van der Waals surface area contributed by atoms with E-state index in [4.69, 9.17) is 5.11 Å². The molecule has 4 nitrogen and oxygen atoms in total. The summed E-state index contributed by atoms with van der Waals surface area (Å²) in [6.07, 6.45) is 2.04. The molecule has 0 aliphatic heterocycles. The molecule has 0 aliphatic carbocycles. The highest BCUT2D eigenvalue weighted by Gasteiger charge is 1.88. The van der Waals surface area contributed by atoms with E-state index < -0.39 is 5.97 Å². The maximum Gasteiger partial charge on any atom is 0.303 e. The largest absolute Gasteiger partial charge is 0.481 e. The molecule has 2 N–H and O–H groups in total. The summed E-state index contributed by atoms with van der Waals surface area (Å²) in [4.78, 5) is 13.4. The summed E-state index contributed by atoms with van der Waals surface area (Å²) >= 11 is 1.67. The standard InChI is InChI=1S/C5H8N2S.C3H6O2.C2H6/c1-6-4-5-7-2-3-8-5;1-2-3(4)5;1-2/h2-3,6H,4H2,1H3;2H2,1H3,(H,4,5);1-2H3. The Labute approximate surface area is 95.4 Å². The molecule has 15 heavy (non-hydrogen) atoms. The minimum Gasteiger partial charge on any atom is -0.481 e. The molecule has 0 fully saturated rings. The van der Waals surface area contributed by atoms with Crippen LogP contribution in [0.5, 0.6) is 0 Å². The number of carboxylic acid groups (broad SMARTS) is 1. The zero-order valence-corrected chi connectivity index (χ0v) is 10.6. The third-order valence-electron chi connectivity index (χ3n) is 1.11. The van der Waals surface area contributed by atoms with Crippen LogP contribution in [0.4, 0.5) is 0 Å². The zero-order valence-electron chi connectivity index (χ0n) is 9.78. The molecule has 0 amide bonds. The molecule has 0 unspecified atom stereocenters. The van der Waals surface area contributed by atoms with Gasteiger partial charge in [0.15, 0.2) is 0 Å². The first-order chi connectivity index (χ1) is 7.20. The Morgan fingerprint density at radius 3 is 2.40 bits per heavy atom. The van der Waals surface area contributed by atoms with Crippen LogP contribution in [0.15, 0.2) is 11.6 Å². The number of rotatable bonds is 3. The Hall–Kier alpha value is -0.940. The van der Waals surface area contributed by atoms with Gasteiger partial charge in [0.2, 0.25) is 0 Å². The van der Waals surface area contributed by atoms with Crippen molar-refractivity contribution < 1.29 is 9.90 Å². The second-order valence-corrected chi connectivity index (χ2v) is 3.18. The second-order valence-electron chi connectivity index (χ2n) is 2.20. The van der Waals surface area contributed by atoms with Crippen LogP contribution in [-0.4, -0.2) is 23.1 Å². The SMILES string of the molecule is CC.CCC(=O)O.CNCc1nccs1. The minimum atomic E-state index is -0.745. The highest BCUT2D eigenvalue weighted by Crippen LogP contribution is 2.01. The second kappa shape index (κ2) is 13.1. The fourth-order valence-corrected chi connectivity index (χ4v) is 1.12. The van der Waals surface area contributed by atoms with Crippen LogP contribution in [0, 0.1) is 0 Å². The van der Waals surface area contributed by atoms with Crippen molar-refractivity contribution in [2.75, 3.05) is 7.05 Å². The van der Waals surface area contributed by atoms with Crippen LogP contribution in [0.2, 0.25) is 0 Å². The van der Waals surface area contributed by atoms with Gasteiger partial charge < -0.3 is 10.4 Å². The fourth-order valence-electron chi connectivity index (χ4n) is 0.491. The van der Waals surface area contributed by atoms with Gasteiger partial charge in [0.1, 0.15) is 5.01 Å². The Morgan fingerprint density at radius 1 is 1.60 bits per heavy atom. The quantitative estimate of drug-likeness (QED) is 0.840. The number of nitrogens with one attached hydrogen (secondary N) is 1. The molecule has 0 saturated heterocycles. The predicted octanol–water partition coefficient (Wildman–Crippen LogP) is 2.37. The van der Waals surface area contributed by atoms with Crippen LogP contribution in [-0.2, 0) is 11.3 Å². The average molecular weight is 232 g/mol. The monoisotopic (exact) mass is 232 g/mol. The van der Waals surface area contributed by atoms with Gasteiger partial charge in [-0.15, -0.1) is 11.3 Å². The Morgan fingerprint density at radius 2 is 2.13 bits per heavy atom. The fraction of sp³-hybridized carbons (Fsp3) is 0.600. The summed E-state index contributed by atoms with van der Waals surface area (Å²) in [7, 11) is 1.92. The van der Waals surface area contributed by atoms with E-state index in [9.17, 15) is 4.79 Å². The molecular weight excluding hydrogens is 212 g/mol. The van der Waals surface area contributed by atoms with Gasteiger partial charge in [-0.1, -0.05) is 20.8 Å². The zero-order chi connectivity index (χ0) is 12.1. The maximum atomic E-state index is 9.37. The van der Waals surface area contributed by atoms with E-state index in [0.717, 1.165) is 11.6 Å². The summed E-state index contributed by atoms with van der Waals surface area (Å²) < 4.78 is 0. The van der Waals surface area contributed by atoms with Crippen molar-refractivity contribution in [3.05, 3.63) is 16.6 Å². The normalized spacial score (nSPS) is 8.00. The lowest BCUT2D eigenvalue weighted by Gasteiger charge is -1.87. The van der Waals surface area contributed by atoms with E-state index in [2.05, 4.69) is 10.3 Å². The predicted molar refractivity (Wildman–Crippen MR) is 64.2 cm³/mol. The van der Waals surface area contributed by atoms with Crippen molar-refractivity contribution in [2.24, 2.45) is 0 Å². The molecule has 0 aliphatic rings. The van der Waals surface area contributed by atoms with Gasteiger partial charge in [-0.05, 0) is 7.05 Å². The van der Waals surface area contributed by atoms with E-state index in [0.29, 0.717) is 0 Å². The van der Waals surface area contributed by atoms with Crippen LogP contribution < -0.4 is 5.32 Å². The van der Waals surface area contributed by atoms with Gasteiger partial charge in [0.05, 0.1) is 0 Å². The van der Waals surface area contributed by atoms with Crippen molar-refractivity contribution in [2.45, 2.75) is 33.7 Å². The van der Waals surface area contributed by atoms with E-state index >= 15 is 0 Å². The molecule has 5 heteroatoms. The molecule has 0 radical (unpaired) electrons. The Balaban J connectivity index is 0. The molecule has 0 spiro atoms. The highest BCUT2D eigenvalue weighted by molar-refractivity contribution is 7.09. The van der Waals surface area contributed by atoms with Crippen molar-refractivity contribution in [1.29, 1.82) is 0 Å². The summed E-state index contributed by atoms with van der Waals surface area (Å²) in [6, 6.07) is 0. The van der Waals surface area contributed by atoms with Gasteiger partial charge in [-0.25, -0.2) is 4.98 Å². The molecule has 1 aromatic rings. The molecule has 0 saturated carbocycles. The molecule has 0 aromatic carbocycles. The number of thiazole rings is 1. The summed E-state index contributed by atoms with van der Waals surface area (Å²) in [5.74, 6) is -0.745. The third-order valence-corrected chi connectivity index (χ3v) is 1.89. The smallest absolute Gasteiger partial charge is 0.303 e. The van der Waals surface area contributed by atoms with Gasteiger partial charge >= 0.3 is 5.97 Å². The van der Waals surface area contributed by atoms with Gasteiger partial charge in [0.25, 0.3) is 0 Å². The van der Waals surface area contributed by atoms with E-state index in [1.165, 1.54) is 0 Å². The van der Waals surface area contributed by atoms with Crippen LogP contribution in [0.1, 0.15) is 32.2 Å². The maximum absolute atomic E-state index is 9.37. The third kappa shape index (κ3) is 13.1. The number of carboxylic acids is 1. The molecule has 1 heterocycles. The first kappa shape index (κ1) is 16.5. The Kier molecular flexibility index (Phi) is 14.4. The first-order valence-electron chi connectivity index (χ1n) is 4.95. The average Bonchev–Trinajstić information content (AvgIpc) is 2.75. The summed E-state index contributed by atoms with van der Waals surface area (Å²) in [5, 5.41) is 13.9. The minimum absolute atomic E-state index is 0.222. The number of hydrogen-bond donors (Lipinski definition) is 2. The van der Waals surface area contributed by atoms with Gasteiger partial charge in [0, 0.05) is 24.5 Å². The van der Waals surface area contributed by atoms with Crippen molar-refractivity contribution in [3.63, 3.8) is 0 Å². The number of nitrogens with zero attached hydrogens (tertiary/aromatic N) is 1. The summed E-state index contributed by atoms with van der Waals surface area (Å²) in [5.41, 5.74) is 0. The van der Waals surface area contributed by atoms with E-state index in [1.807, 2.05) is 32.5 Å². The lowest BCUT2D eigenvalue weighted by atomic mass is 10.5. The van der Waals surface area contributed by atoms with E-state index in [-0.39, 0.29) is 6.42 Å². The molecule has 88 valence electrons. The highest BCUT2D eigenvalue weighted by atomic mass is 32.1. The number of carbonyl (C=O) groups is 1. The number of hydrogen-bond acceptors (Lipinski definition) is 4. The first-order valence-corrected chi connectivity index (χ1v) is 5.83. The lowest BCUT2D eigenvalue weighted by Crippen LogP contribution is -2.03. The van der Waals surface area contributed by atoms with Crippen molar-refractivity contribution in [1.82, 2.24) is 10.3 Å². The molecule has 0 atom stereocenters. The lowest BCUT2D eigenvalue weighted by molar-refractivity contribution is -0.136. The number of aromatic nitrogens is 1. The summed E-state index contributed by atoms with van der Waals surface area (Å²) in [6.45, 7) is 6.49. The molecular formula is C10H20N2O2S. The molecule has 1 rings (SSSR count). The Bertz CT molecular complexity index is 225. The van der Waals surface area contributed by atoms with Gasteiger partial charge in [-0.2, -0.15) is 0 Å². The molecule has 0 bridgehead atoms. The van der Waals surface area contributed by atoms with Crippen LogP contribution >= 0.6 is 11.3 Å². The van der Waals surface area contributed by atoms with E-state index in [1.54, 1.807) is 18.3 Å².